The lowest BCUT2D eigenvalue weighted by atomic mass is 10.1. The van der Waals surface area contributed by atoms with E-state index in [2.05, 4.69) is 5.32 Å². The van der Waals surface area contributed by atoms with Crippen molar-refractivity contribution < 1.29 is 14.3 Å². The van der Waals surface area contributed by atoms with Crippen molar-refractivity contribution in [3.05, 3.63) is 87.7 Å². The molecule has 0 saturated heterocycles. The van der Waals surface area contributed by atoms with Crippen LogP contribution in [-0.4, -0.2) is 28.0 Å². The zero-order valence-electron chi connectivity index (χ0n) is 19.7. The van der Waals surface area contributed by atoms with Gasteiger partial charge in [0.05, 0.1) is 28.4 Å². The fourth-order valence-electron chi connectivity index (χ4n) is 4.08. The number of amides is 1. The van der Waals surface area contributed by atoms with Crippen molar-refractivity contribution in [2.24, 2.45) is 0 Å². The quantitative estimate of drug-likeness (QED) is 0.314. The summed E-state index contributed by atoms with van der Waals surface area (Å²) in [6.45, 7) is 6.12. The minimum atomic E-state index is -0.219. The van der Waals surface area contributed by atoms with Gasteiger partial charge < -0.3 is 14.8 Å². The van der Waals surface area contributed by atoms with Gasteiger partial charge in [-0.15, -0.1) is 0 Å². The highest BCUT2D eigenvalue weighted by Gasteiger charge is 2.19. The normalized spacial score (nSPS) is 13.1. The van der Waals surface area contributed by atoms with E-state index >= 15 is 0 Å². The molecule has 0 bridgehead atoms. The van der Waals surface area contributed by atoms with Crippen LogP contribution in [0.5, 0.6) is 11.5 Å². The number of thioether (sulfide) groups is 1. The van der Waals surface area contributed by atoms with E-state index in [0.717, 1.165) is 22.4 Å². The maximum Gasteiger partial charge on any atom is 0.266 e. The first-order valence-electron chi connectivity index (χ1n) is 11.3. The topological polar surface area (TPSA) is 82.5 Å². The summed E-state index contributed by atoms with van der Waals surface area (Å²) in [5.74, 6) is 1.34. The molecule has 35 heavy (non-hydrogen) atoms. The minimum Gasteiger partial charge on any atom is -0.454 e. The molecule has 0 saturated carbocycles. The number of aromatic nitrogens is 2. The Labute approximate surface area is 207 Å². The lowest BCUT2D eigenvalue weighted by molar-refractivity contribution is -0.119. The second-order valence-corrected chi connectivity index (χ2v) is 9.40. The van der Waals surface area contributed by atoms with E-state index in [-0.39, 0.29) is 30.1 Å². The number of ether oxygens (including phenoxy) is 2. The number of benzene rings is 3. The van der Waals surface area contributed by atoms with Crippen molar-refractivity contribution in [3.63, 3.8) is 0 Å². The van der Waals surface area contributed by atoms with Gasteiger partial charge in [-0.05, 0) is 67.8 Å². The van der Waals surface area contributed by atoms with Crippen LogP contribution in [0, 0.1) is 13.8 Å². The number of hydrogen-bond acceptors (Lipinski definition) is 6. The first-order chi connectivity index (χ1) is 16.9. The summed E-state index contributed by atoms with van der Waals surface area (Å²) in [5, 5.41) is 4.04. The third-order valence-electron chi connectivity index (χ3n) is 6.17. The highest BCUT2D eigenvalue weighted by Crippen LogP contribution is 2.34. The fourth-order valence-corrected chi connectivity index (χ4v) is 4.90. The lowest BCUT2D eigenvalue weighted by Gasteiger charge is -2.17. The number of para-hydroxylation sites is 1. The summed E-state index contributed by atoms with van der Waals surface area (Å²) in [4.78, 5) is 31.1. The number of carbonyl (C=O) groups is 1. The Morgan fingerprint density at radius 1 is 1.09 bits per heavy atom. The molecule has 178 valence electrons. The summed E-state index contributed by atoms with van der Waals surface area (Å²) in [7, 11) is 0. The SMILES string of the molecule is Cc1cccc(-n2c(SCC(=O)NC(C)c3ccc4c(c3)OCO4)nc3ccccc3c2=O)c1C. The zero-order chi connectivity index (χ0) is 24.5. The Kier molecular flexibility index (Phi) is 6.21. The van der Waals surface area contributed by atoms with Crippen LogP contribution < -0.4 is 20.3 Å². The number of carbonyl (C=O) groups excluding carboxylic acids is 1. The largest absolute Gasteiger partial charge is 0.454 e. The van der Waals surface area contributed by atoms with Crippen LogP contribution in [0.2, 0.25) is 0 Å². The molecule has 2 heterocycles. The maximum atomic E-state index is 13.5. The summed E-state index contributed by atoms with van der Waals surface area (Å²) in [6.07, 6.45) is 0. The Balaban J connectivity index is 1.41. The maximum absolute atomic E-state index is 13.5. The summed E-state index contributed by atoms with van der Waals surface area (Å²) >= 11 is 1.25. The van der Waals surface area contributed by atoms with Gasteiger partial charge in [-0.1, -0.05) is 42.1 Å². The predicted molar refractivity (Wildman–Crippen MR) is 137 cm³/mol. The zero-order valence-corrected chi connectivity index (χ0v) is 20.5. The molecule has 4 aromatic rings. The Morgan fingerprint density at radius 2 is 1.89 bits per heavy atom. The average molecular weight is 488 g/mol. The highest BCUT2D eigenvalue weighted by molar-refractivity contribution is 7.99. The van der Waals surface area contributed by atoms with E-state index in [4.69, 9.17) is 14.5 Å². The smallest absolute Gasteiger partial charge is 0.266 e. The van der Waals surface area contributed by atoms with Gasteiger partial charge in [0.2, 0.25) is 12.7 Å². The van der Waals surface area contributed by atoms with Crippen molar-refractivity contribution in [1.82, 2.24) is 14.9 Å². The third-order valence-corrected chi connectivity index (χ3v) is 7.11. The molecule has 1 atom stereocenters. The minimum absolute atomic E-state index is 0.116. The summed E-state index contributed by atoms with van der Waals surface area (Å²) in [6, 6.07) is 18.5. The van der Waals surface area contributed by atoms with E-state index < -0.39 is 0 Å². The molecule has 1 unspecified atom stereocenters. The summed E-state index contributed by atoms with van der Waals surface area (Å²) < 4.78 is 12.4. The fraction of sp³-hybridized carbons (Fsp3) is 0.222. The van der Waals surface area contributed by atoms with Crippen LogP contribution in [0.1, 0.15) is 29.7 Å². The van der Waals surface area contributed by atoms with E-state index in [9.17, 15) is 9.59 Å². The number of fused-ring (bicyclic) bond motifs is 2. The molecule has 0 spiro atoms. The van der Waals surface area contributed by atoms with Crippen LogP contribution in [0.3, 0.4) is 0 Å². The van der Waals surface area contributed by atoms with Crippen LogP contribution >= 0.6 is 11.8 Å². The number of nitrogens with one attached hydrogen (secondary N) is 1. The number of nitrogens with zero attached hydrogens (tertiary/aromatic N) is 2. The Hall–Kier alpha value is -3.78. The third kappa shape index (κ3) is 4.49. The van der Waals surface area contributed by atoms with Crippen molar-refractivity contribution in [1.29, 1.82) is 0 Å². The molecule has 1 aliphatic heterocycles. The monoisotopic (exact) mass is 487 g/mol. The molecule has 1 N–H and O–H groups in total. The van der Waals surface area contributed by atoms with Gasteiger partial charge in [0.25, 0.3) is 5.56 Å². The van der Waals surface area contributed by atoms with Gasteiger partial charge in [-0.25, -0.2) is 4.98 Å². The molecule has 8 heteroatoms. The molecule has 5 rings (SSSR count). The van der Waals surface area contributed by atoms with Gasteiger partial charge in [0, 0.05) is 0 Å². The van der Waals surface area contributed by atoms with Gasteiger partial charge >= 0.3 is 0 Å². The van der Waals surface area contributed by atoms with Crippen molar-refractivity contribution >= 4 is 28.6 Å². The first kappa shape index (κ1) is 23.0. The van der Waals surface area contributed by atoms with E-state index in [1.807, 2.05) is 75.4 Å². The van der Waals surface area contributed by atoms with Crippen molar-refractivity contribution in [3.8, 4) is 17.2 Å². The second-order valence-electron chi connectivity index (χ2n) is 8.46. The van der Waals surface area contributed by atoms with Crippen molar-refractivity contribution in [2.75, 3.05) is 12.5 Å². The van der Waals surface area contributed by atoms with Crippen LogP contribution in [0.25, 0.3) is 16.6 Å². The van der Waals surface area contributed by atoms with Crippen LogP contribution in [0.4, 0.5) is 0 Å². The molecule has 1 aromatic heterocycles. The number of hydrogen-bond donors (Lipinski definition) is 1. The molecular weight excluding hydrogens is 462 g/mol. The molecule has 7 nitrogen and oxygen atoms in total. The van der Waals surface area contributed by atoms with Gasteiger partial charge in [-0.2, -0.15) is 0 Å². The van der Waals surface area contributed by atoms with E-state index in [1.54, 1.807) is 10.6 Å². The van der Waals surface area contributed by atoms with E-state index in [0.29, 0.717) is 27.6 Å². The van der Waals surface area contributed by atoms with Crippen LogP contribution in [-0.2, 0) is 4.79 Å². The number of rotatable bonds is 6. The van der Waals surface area contributed by atoms with Gasteiger partial charge in [-0.3, -0.25) is 14.2 Å². The van der Waals surface area contributed by atoms with Crippen LogP contribution in [0.15, 0.2) is 70.6 Å². The van der Waals surface area contributed by atoms with E-state index in [1.165, 1.54) is 11.8 Å². The Morgan fingerprint density at radius 3 is 2.74 bits per heavy atom. The molecule has 1 aliphatic rings. The standard InChI is InChI=1S/C27H25N3O4S/c1-16-7-6-10-22(17(16)2)30-26(32)20-8-4-5-9-21(20)29-27(30)35-14-25(31)28-18(3)19-11-12-23-24(13-19)34-15-33-23/h4-13,18H,14-15H2,1-3H3,(H,28,31). The summed E-state index contributed by atoms with van der Waals surface area (Å²) in [5.41, 5.74) is 4.22. The molecule has 0 radical (unpaired) electrons. The second kappa shape index (κ2) is 9.46. The van der Waals surface area contributed by atoms with Gasteiger partial charge in [0.1, 0.15) is 0 Å². The molecule has 0 aliphatic carbocycles. The number of aryl methyl sites for hydroxylation is 1. The molecule has 3 aromatic carbocycles. The van der Waals surface area contributed by atoms with Crippen molar-refractivity contribution in [2.45, 2.75) is 32.0 Å². The molecule has 0 fully saturated rings. The first-order valence-corrected chi connectivity index (χ1v) is 12.3. The molecule has 1 amide bonds. The lowest BCUT2D eigenvalue weighted by Crippen LogP contribution is -2.29. The Bertz CT molecular complexity index is 1500. The molecular formula is C27H25N3O4S. The predicted octanol–water partition coefficient (Wildman–Crippen LogP) is 4.70. The average Bonchev–Trinajstić information content (AvgIpc) is 3.33. The highest BCUT2D eigenvalue weighted by atomic mass is 32.2. The van der Waals surface area contributed by atoms with Gasteiger partial charge in [0.15, 0.2) is 16.7 Å².